The summed E-state index contributed by atoms with van der Waals surface area (Å²) in [6.07, 6.45) is 0. The van der Waals surface area contributed by atoms with Crippen molar-refractivity contribution in [1.29, 1.82) is 0 Å². The molecule has 2 nitrogen and oxygen atoms in total. The van der Waals surface area contributed by atoms with Gasteiger partial charge in [-0.05, 0) is 42.8 Å². The van der Waals surface area contributed by atoms with Gasteiger partial charge in [0.25, 0.3) is 0 Å². The highest BCUT2D eigenvalue weighted by Crippen LogP contribution is 2.25. The zero-order chi connectivity index (χ0) is 13.4. The Balaban J connectivity index is 2.25. The van der Waals surface area contributed by atoms with Crippen LogP contribution in [0.15, 0.2) is 42.5 Å². The summed E-state index contributed by atoms with van der Waals surface area (Å²) >= 11 is 6.15. The van der Waals surface area contributed by atoms with Crippen LogP contribution in [0.3, 0.4) is 0 Å². The van der Waals surface area contributed by atoms with Crippen molar-refractivity contribution in [1.82, 2.24) is 9.97 Å². The molecule has 3 rings (SSSR count). The first-order valence-electron chi connectivity index (χ1n) is 5.83. The Hall–Kier alpha value is -2.00. The second-order valence-electron chi connectivity index (χ2n) is 4.37. The summed E-state index contributed by atoms with van der Waals surface area (Å²) in [6, 6.07) is 12.2. The van der Waals surface area contributed by atoms with Crippen molar-refractivity contribution in [3.63, 3.8) is 0 Å². The van der Waals surface area contributed by atoms with Gasteiger partial charge in [-0.25, -0.2) is 14.4 Å². The topological polar surface area (TPSA) is 25.8 Å². The predicted octanol–water partition coefficient (Wildman–Crippen LogP) is 4.40. The van der Waals surface area contributed by atoms with E-state index in [1.54, 1.807) is 0 Å². The van der Waals surface area contributed by atoms with Gasteiger partial charge in [0.15, 0.2) is 5.82 Å². The number of rotatable bonds is 1. The minimum absolute atomic E-state index is 0.303. The van der Waals surface area contributed by atoms with E-state index in [2.05, 4.69) is 9.97 Å². The fraction of sp³-hybridized carbons (Fsp3) is 0.0667. The molecule has 19 heavy (non-hydrogen) atoms. The number of fused-ring (bicyclic) bond motifs is 1. The van der Waals surface area contributed by atoms with Gasteiger partial charge < -0.3 is 0 Å². The molecule has 0 N–H and O–H groups in total. The van der Waals surface area contributed by atoms with Crippen molar-refractivity contribution in [3.05, 3.63) is 59.0 Å². The van der Waals surface area contributed by atoms with E-state index < -0.39 is 0 Å². The van der Waals surface area contributed by atoms with Gasteiger partial charge in [-0.15, -0.1) is 0 Å². The molecule has 0 saturated heterocycles. The second-order valence-corrected chi connectivity index (χ2v) is 4.73. The van der Waals surface area contributed by atoms with Gasteiger partial charge in [-0.1, -0.05) is 23.7 Å². The maximum absolute atomic E-state index is 13.4. The Kier molecular flexibility index (Phi) is 2.91. The van der Waals surface area contributed by atoms with Crippen LogP contribution in [0.5, 0.6) is 0 Å². The molecule has 0 spiro atoms. The summed E-state index contributed by atoms with van der Waals surface area (Å²) in [5.74, 6) is 0.134. The average molecular weight is 273 g/mol. The lowest BCUT2D eigenvalue weighted by Gasteiger charge is -2.05. The van der Waals surface area contributed by atoms with Crippen molar-refractivity contribution >= 4 is 22.5 Å². The van der Waals surface area contributed by atoms with Gasteiger partial charge >= 0.3 is 0 Å². The highest BCUT2D eigenvalue weighted by Gasteiger charge is 2.08. The molecule has 0 amide bonds. The first-order valence-corrected chi connectivity index (χ1v) is 6.21. The lowest BCUT2D eigenvalue weighted by molar-refractivity contribution is 0.627. The summed E-state index contributed by atoms with van der Waals surface area (Å²) in [7, 11) is 0. The minimum Gasteiger partial charge on any atom is -0.228 e. The molecule has 3 aromatic rings. The minimum atomic E-state index is -0.303. The SMILES string of the molecule is Cc1cc(F)cc(-c2nc(Cl)c3ccccc3n2)c1. The lowest BCUT2D eigenvalue weighted by Crippen LogP contribution is -1.93. The summed E-state index contributed by atoms with van der Waals surface area (Å²) in [5.41, 5.74) is 2.20. The van der Waals surface area contributed by atoms with Gasteiger partial charge in [-0.3, -0.25) is 0 Å². The monoisotopic (exact) mass is 272 g/mol. The van der Waals surface area contributed by atoms with Crippen LogP contribution in [-0.4, -0.2) is 9.97 Å². The molecular formula is C15H10ClFN2. The molecule has 0 aliphatic carbocycles. The summed E-state index contributed by atoms with van der Waals surface area (Å²) in [5, 5.41) is 1.17. The number of nitrogens with zero attached hydrogens (tertiary/aromatic N) is 2. The van der Waals surface area contributed by atoms with E-state index >= 15 is 0 Å². The summed E-state index contributed by atoms with van der Waals surface area (Å²) in [4.78, 5) is 8.67. The van der Waals surface area contributed by atoms with E-state index in [-0.39, 0.29) is 5.82 Å². The van der Waals surface area contributed by atoms with Gasteiger partial charge in [0, 0.05) is 10.9 Å². The van der Waals surface area contributed by atoms with E-state index in [0.717, 1.165) is 16.5 Å². The predicted molar refractivity (Wildman–Crippen MR) is 74.7 cm³/mol. The van der Waals surface area contributed by atoms with E-state index in [1.165, 1.54) is 12.1 Å². The third-order valence-corrected chi connectivity index (χ3v) is 3.15. The van der Waals surface area contributed by atoms with E-state index in [9.17, 15) is 4.39 Å². The Morgan fingerprint density at radius 2 is 1.84 bits per heavy atom. The smallest absolute Gasteiger partial charge is 0.161 e. The van der Waals surface area contributed by atoms with Crippen LogP contribution in [0.4, 0.5) is 4.39 Å². The molecule has 0 radical (unpaired) electrons. The van der Waals surface area contributed by atoms with Crippen LogP contribution < -0.4 is 0 Å². The zero-order valence-corrected chi connectivity index (χ0v) is 10.9. The van der Waals surface area contributed by atoms with Crippen molar-refractivity contribution in [2.45, 2.75) is 6.92 Å². The van der Waals surface area contributed by atoms with Crippen LogP contribution in [0, 0.1) is 12.7 Å². The van der Waals surface area contributed by atoms with E-state index in [1.807, 2.05) is 37.3 Å². The first-order chi connectivity index (χ1) is 9.13. The fourth-order valence-electron chi connectivity index (χ4n) is 2.03. The lowest BCUT2D eigenvalue weighted by atomic mass is 10.1. The molecular weight excluding hydrogens is 263 g/mol. The molecule has 0 bridgehead atoms. The van der Waals surface area contributed by atoms with E-state index in [4.69, 9.17) is 11.6 Å². The first kappa shape index (κ1) is 12.1. The summed E-state index contributed by atoms with van der Waals surface area (Å²) < 4.78 is 13.4. The third kappa shape index (κ3) is 2.29. The van der Waals surface area contributed by atoms with Crippen LogP contribution in [-0.2, 0) is 0 Å². The third-order valence-electron chi connectivity index (χ3n) is 2.86. The molecule has 0 aliphatic heterocycles. The van der Waals surface area contributed by atoms with Crippen molar-refractivity contribution < 1.29 is 4.39 Å². The van der Waals surface area contributed by atoms with Crippen molar-refractivity contribution in [2.75, 3.05) is 0 Å². The average Bonchev–Trinajstić information content (AvgIpc) is 2.37. The summed E-state index contributed by atoms with van der Waals surface area (Å²) in [6.45, 7) is 1.83. The number of benzene rings is 2. The Morgan fingerprint density at radius 1 is 1.05 bits per heavy atom. The second kappa shape index (κ2) is 4.59. The highest BCUT2D eigenvalue weighted by molar-refractivity contribution is 6.34. The number of para-hydroxylation sites is 1. The highest BCUT2D eigenvalue weighted by atomic mass is 35.5. The molecule has 0 fully saturated rings. The molecule has 4 heteroatoms. The molecule has 0 unspecified atom stereocenters. The molecule has 1 heterocycles. The maximum atomic E-state index is 13.4. The number of aromatic nitrogens is 2. The molecule has 0 aliphatic rings. The van der Waals surface area contributed by atoms with Crippen LogP contribution in [0.25, 0.3) is 22.3 Å². The van der Waals surface area contributed by atoms with Crippen molar-refractivity contribution in [3.8, 4) is 11.4 Å². The van der Waals surface area contributed by atoms with Crippen LogP contribution in [0.1, 0.15) is 5.56 Å². The fourth-order valence-corrected chi connectivity index (χ4v) is 2.27. The number of halogens is 2. The Labute approximate surface area is 114 Å². The molecule has 1 aromatic heterocycles. The molecule has 94 valence electrons. The van der Waals surface area contributed by atoms with Gasteiger partial charge in [0.1, 0.15) is 11.0 Å². The van der Waals surface area contributed by atoms with Gasteiger partial charge in [0.05, 0.1) is 5.52 Å². The maximum Gasteiger partial charge on any atom is 0.161 e. The number of aryl methyl sites for hydroxylation is 1. The molecule has 2 aromatic carbocycles. The van der Waals surface area contributed by atoms with Gasteiger partial charge in [0.2, 0.25) is 0 Å². The molecule has 0 atom stereocenters. The largest absolute Gasteiger partial charge is 0.228 e. The quantitative estimate of drug-likeness (QED) is 0.614. The molecule has 0 saturated carbocycles. The Morgan fingerprint density at radius 3 is 2.63 bits per heavy atom. The van der Waals surface area contributed by atoms with Crippen LogP contribution in [0.2, 0.25) is 5.15 Å². The normalized spacial score (nSPS) is 10.9. The van der Waals surface area contributed by atoms with E-state index in [0.29, 0.717) is 16.5 Å². The van der Waals surface area contributed by atoms with Crippen molar-refractivity contribution in [2.24, 2.45) is 0 Å². The van der Waals surface area contributed by atoms with Crippen LogP contribution >= 0.6 is 11.6 Å². The number of hydrogen-bond donors (Lipinski definition) is 0. The Bertz CT molecular complexity index is 751. The number of hydrogen-bond acceptors (Lipinski definition) is 2. The zero-order valence-electron chi connectivity index (χ0n) is 10.2. The van der Waals surface area contributed by atoms with Gasteiger partial charge in [-0.2, -0.15) is 0 Å². The standard InChI is InChI=1S/C15H10ClFN2/c1-9-6-10(8-11(17)7-9)15-18-13-5-3-2-4-12(13)14(16)19-15/h2-8H,1H3.